The Bertz CT molecular complexity index is 649. The number of rotatable bonds is 2. The van der Waals surface area contributed by atoms with Gasteiger partial charge in [-0.1, -0.05) is 24.6 Å². The third-order valence-electron chi connectivity index (χ3n) is 5.07. The molecule has 0 amide bonds. The Labute approximate surface area is 117 Å². The summed E-state index contributed by atoms with van der Waals surface area (Å²) >= 11 is 0. The van der Waals surface area contributed by atoms with E-state index in [9.17, 15) is 4.39 Å². The van der Waals surface area contributed by atoms with Gasteiger partial charge in [0.2, 0.25) is 0 Å². The summed E-state index contributed by atoms with van der Waals surface area (Å²) in [6.45, 7) is 0. The first kappa shape index (κ1) is 11.9. The van der Waals surface area contributed by atoms with Gasteiger partial charge in [0.1, 0.15) is 5.82 Å². The van der Waals surface area contributed by atoms with Gasteiger partial charge in [-0.25, -0.2) is 4.39 Å². The number of halogens is 1. The molecule has 0 saturated heterocycles. The van der Waals surface area contributed by atoms with Crippen molar-refractivity contribution in [3.05, 3.63) is 35.8 Å². The quantitative estimate of drug-likeness (QED) is 0.875. The molecule has 1 heterocycles. The molecule has 1 aromatic carbocycles. The lowest BCUT2D eigenvalue weighted by molar-refractivity contribution is 0.413. The highest BCUT2D eigenvalue weighted by molar-refractivity contribution is 5.77. The zero-order valence-electron chi connectivity index (χ0n) is 11.3. The molecular weight excluding hydrogens is 253 g/mol. The molecule has 0 spiro atoms. The van der Waals surface area contributed by atoms with Crippen molar-refractivity contribution in [2.45, 2.75) is 31.6 Å². The monoisotopic (exact) mass is 271 g/mol. The summed E-state index contributed by atoms with van der Waals surface area (Å²) in [5.74, 6) is 2.19. The Kier molecular flexibility index (Phi) is 2.59. The molecule has 3 nitrogen and oxygen atoms in total. The van der Waals surface area contributed by atoms with E-state index in [0.717, 1.165) is 17.2 Å². The predicted molar refractivity (Wildman–Crippen MR) is 76.6 cm³/mol. The number of nitrogens with two attached hydrogens (primary N) is 1. The average Bonchev–Trinajstić information content (AvgIpc) is 3.14. The van der Waals surface area contributed by atoms with E-state index in [2.05, 4.69) is 10.2 Å². The number of nitrogens with one attached hydrogen (secondary N) is 1. The zero-order chi connectivity index (χ0) is 13.7. The molecule has 3 atom stereocenters. The van der Waals surface area contributed by atoms with E-state index in [1.54, 1.807) is 12.1 Å². The molecule has 4 rings (SSSR count). The van der Waals surface area contributed by atoms with Gasteiger partial charge in [-0.05, 0) is 37.2 Å². The molecule has 3 N–H and O–H groups in total. The third kappa shape index (κ3) is 1.67. The number of benzene rings is 1. The fourth-order valence-corrected chi connectivity index (χ4v) is 4.18. The first-order valence-corrected chi connectivity index (χ1v) is 7.32. The van der Waals surface area contributed by atoms with Gasteiger partial charge < -0.3 is 5.73 Å². The Hall–Kier alpha value is -1.84. The van der Waals surface area contributed by atoms with Gasteiger partial charge in [-0.15, -0.1) is 0 Å². The molecule has 1 aromatic heterocycles. The first-order valence-electron chi connectivity index (χ1n) is 7.32. The van der Waals surface area contributed by atoms with Crippen LogP contribution in [-0.2, 0) is 0 Å². The Morgan fingerprint density at radius 1 is 1.20 bits per heavy atom. The van der Waals surface area contributed by atoms with E-state index in [0.29, 0.717) is 23.2 Å². The summed E-state index contributed by atoms with van der Waals surface area (Å²) in [5.41, 5.74) is 8.39. The lowest BCUT2D eigenvalue weighted by atomic mass is 9.84. The largest absolute Gasteiger partial charge is 0.382 e. The van der Waals surface area contributed by atoms with Crippen molar-refractivity contribution in [2.24, 2.45) is 11.8 Å². The van der Waals surface area contributed by atoms with Crippen LogP contribution in [0.25, 0.3) is 11.1 Å². The second-order valence-electron chi connectivity index (χ2n) is 6.16. The van der Waals surface area contributed by atoms with Crippen LogP contribution in [0.4, 0.5) is 10.2 Å². The summed E-state index contributed by atoms with van der Waals surface area (Å²) in [6.07, 6.45) is 5.12. The van der Waals surface area contributed by atoms with Crippen molar-refractivity contribution in [2.75, 3.05) is 5.73 Å². The highest BCUT2D eigenvalue weighted by Crippen LogP contribution is 2.54. The topological polar surface area (TPSA) is 54.7 Å². The number of H-pyrrole nitrogens is 1. The van der Waals surface area contributed by atoms with Crippen molar-refractivity contribution in [1.82, 2.24) is 10.2 Å². The second kappa shape index (κ2) is 4.33. The van der Waals surface area contributed by atoms with Gasteiger partial charge >= 0.3 is 0 Å². The van der Waals surface area contributed by atoms with Crippen molar-refractivity contribution in [3.8, 4) is 11.1 Å². The SMILES string of the molecule is Nc1n[nH]c(C2CC3CCC2C3)c1-c1ccccc1F. The second-order valence-corrected chi connectivity index (χ2v) is 6.16. The van der Waals surface area contributed by atoms with E-state index in [-0.39, 0.29) is 5.82 Å². The van der Waals surface area contributed by atoms with Crippen LogP contribution in [0.2, 0.25) is 0 Å². The molecule has 2 bridgehead atoms. The van der Waals surface area contributed by atoms with Crippen molar-refractivity contribution in [3.63, 3.8) is 0 Å². The minimum atomic E-state index is -0.231. The van der Waals surface area contributed by atoms with E-state index in [1.807, 2.05) is 6.07 Å². The summed E-state index contributed by atoms with van der Waals surface area (Å²) in [4.78, 5) is 0. The van der Waals surface area contributed by atoms with Gasteiger partial charge in [-0.2, -0.15) is 5.10 Å². The summed E-state index contributed by atoms with van der Waals surface area (Å²) in [6, 6.07) is 6.81. The molecule has 2 saturated carbocycles. The normalized spacial score (nSPS) is 28.1. The predicted octanol–water partition coefficient (Wildman–Crippen LogP) is 3.70. The Morgan fingerprint density at radius 2 is 2.05 bits per heavy atom. The van der Waals surface area contributed by atoms with E-state index in [4.69, 9.17) is 5.73 Å². The van der Waals surface area contributed by atoms with Crippen LogP contribution in [0.5, 0.6) is 0 Å². The number of hydrogen-bond donors (Lipinski definition) is 2. The maximum absolute atomic E-state index is 14.1. The number of anilines is 1. The van der Waals surface area contributed by atoms with Crippen molar-refractivity contribution >= 4 is 5.82 Å². The van der Waals surface area contributed by atoms with E-state index < -0.39 is 0 Å². The molecule has 2 fully saturated rings. The third-order valence-corrected chi connectivity index (χ3v) is 5.07. The van der Waals surface area contributed by atoms with Crippen LogP contribution in [0.1, 0.15) is 37.3 Å². The molecule has 2 aliphatic carbocycles. The van der Waals surface area contributed by atoms with Crippen LogP contribution in [0.3, 0.4) is 0 Å². The highest BCUT2D eigenvalue weighted by atomic mass is 19.1. The average molecular weight is 271 g/mol. The number of nitrogen functional groups attached to an aromatic ring is 1. The number of hydrogen-bond acceptors (Lipinski definition) is 2. The molecule has 20 heavy (non-hydrogen) atoms. The van der Waals surface area contributed by atoms with Gasteiger partial charge in [-0.3, -0.25) is 5.10 Å². The smallest absolute Gasteiger partial charge is 0.153 e. The maximum atomic E-state index is 14.1. The standard InChI is InChI=1S/C16H18FN3/c17-13-4-2-1-3-11(13)14-15(19-20-16(14)18)12-8-9-5-6-10(12)7-9/h1-4,9-10,12H,5-8H2,(H3,18,19,20). The van der Waals surface area contributed by atoms with Gasteiger partial charge in [0.15, 0.2) is 5.82 Å². The highest BCUT2D eigenvalue weighted by Gasteiger charge is 2.42. The molecular formula is C16H18FN3. The van der Waals surface area contributed by atoms with Crippen molar-refractivity contribution in [1.29, 1.82) is 0 Å². The Morgan fingerprint density at radius 3 is 2.75 bits per heavy atom. The van der Waals surface area contributed by atoms with Crippen molar-refractivity contribution < 1.29 is 4.39 Å². The number of aromatic nitrogens is 2. The van der Waals surface area contributed by atoms with Crippen LogP contribution >= 0.6 is 0 Å². The number of nitrogens with zero attached hydrogens (tertiary/aromatic N) is 1. The zero-order valence-corrected chi connectivity index (χ0v) is 11.3. The summed E-state index contributed by atoms with van der Waals surface area (Å²) in [7, 11) is 0. The molecule has 3 unspecified atom stereocenters. The van der Waals surface area contributed by atoms with Gasteiger partial charge in [0.25, 0.3) is 0 Å². The maximum Gasteiger partial charge on any atom is 0.153 e. The summed E-state index contributed by atoms with van der Waals surface area (Å²) in [5, 5.41) is 7.23. The van der Waals surface area contributed by atoms with Crippen LogP contribution < -0.4 is 5.73 Å². The fraction of sp³-hybridized carbons (Fsp3) is 0.438. The lowest BCUT2D eigenvalue weighted by Gasteiger charge is -2.21. The van der Waals surface area contributed by atoms with E-state index in [1.165, 1.54) is 31.7 Å². The molecule has 104 valence electrons. The minimum absolute atomic E-state index is 0.231. The van der Waals surface area contributed by atoms with Crippen LogP contribution in [0, 0.1) is 17.7 Å². The molecule has 4 heteroatoms. The van der Waals surface area contributed by atoms with Crippen LogP contribution in [-0.4, -0.2) is 10.2 Å². The Balaban J connectivity index is 1.81. The molecule has 2 aromatic rings. The van der Waals surface area contributed by atoms with E-state index >= 15 is 0 Å². The molecule has 0 aliphatic heterocycles. The number of fused-ring (bicyclic) bond motifs is 2. The van der Waals surface area contributed by atoms with Crippen LogP contribution in [0.15, 0.2) is 24.3 Å². The van der Waals surface area contributed by atoms with Gasteiger partial charge in [0.05, 0.1) is 0 Å². The molecule has 0 radical (unpaired) electrons. The first-order chi connectivity index (χ1) is 9.74. The fourth-order valence-electron chi connectivity index (χ4n) is 4.18. The summed E-state index contributed by atoms with van der Waals surface area (Å²) < 4.78 is 14.1. The lowest BCUT2D eigenvalue weighted by Crippen LogP contribution is -2.10. The number of aromatic amines is 1. The van der Waals surface area contributed by atoms with Gasteiger partial charge in [0, 0.05) is 22.7 Å². The molecule has 2 aliphatic rings. The minimum Gasteiger partial charge on any atom is -0.382 e.